The summed E-state index contributed by atoms with van der Waals surface area (Å²) in [6, 6.07) is 0. The minimum absolute atomic E-state index is 0.117. The average molecular weight is 254 g/mol. The van der Waals surface area contributed by atoms with Gasteiger partial charge in [0.2, 0.25) is 0 Å². The van der Waals surface area contributed by atoms with Gasteiger partial charge in [-0.3, -0.25) is 4.68 Å². The number of aromatic nitrogens is 2. The van der Waals surface area contributed by atoms with Crippen LogP contribution in [-0.2, 0) is 16.0 Å². The molecule has 0 saturated carbocycles. The second kappa shape index (κ2) is 5.97. The van der Waals surface area contributed by atoms with E-state index < -0.39 is 5.97 Å². The minimum atomic E-state index is -0.949. The standard InChI is InChI=1S/C12H18N2O4/c1-9-10(12(15)16)8-13-14(9)5-7-18-11-4-2-3-6-17-11/h8,11H,2-7H2,1H3,(H,15,16). The molecule has 0 bridgehead atoms. The fourth-order valence-electron chi connectivity index (χ4n) is 2.00. The molecule has 6 nitrogen and oxygen atoms in total. The Morgan fingerprint density at radius 1 is 1.67 bits per heavy atom. The molecule has 6 heteroatoms. The summed E-state index contributed by atoms with van der Waals surface area (Å²) in [5.41, 5.74) is 0.888. The van der Waals surface area contributed by atoms with E-state index in [9.17, 15) is 4.79 Å². The number of ether oxygens (including phenoxy) is 2. The van der Waals surface area contributed by atoms with Crippen molar-refractivity contribution < 1.29 is 19.4 Å². The van der Waals surface area contributed by atoms with E-state index >= 15 is 0 Å². The van der Waals surface area contributed by atoms with Crippen molar-refractivity contribution in [2.45, 2.75) is 39.0 Å². The molecule has 1 aromatic heterocycles. The summed E-state index contributed by atoms with van der Waals surface area (Å²) in [5, 5.41) is 12.9. The molecule has 2 rings (SSSR count). The number of aromatic carboxylic acids is 1. The van der Waals surface area contributed by atoms with Crippen molar-refractivity contribution in [3.8, 4) is 0 Å². The summed E-state index contributed by atoms with van der Waals surface area (Å²) in [5.74, 6) is -0.949. The maximum Gasteiger partial charge on any atom is 0.339 e. The highest BCUT2D eigenvalue weighted by molar-refractivity contribution is 5.88. The van der Waals surface area contributed by atoms with E-state index in [1.54, 1.807) is 11.6 Å². The first-order valence-corrected chi connectivity index (χ1v) is 6.17. The van der Waals surface area contributed by atoms with Gasteiger partial charge in [0.15, 0.2) is 6.29 Å². The van der Waals surface area contributed by atoms with Crippen molar-refractivity contribution in [3.05, 3.63) is 17.5 Å². The van der Waals surface area contributed by atoms with Crippen LogP contribution in [0.3, 0.4) is 0 Å². The lowest BCUT2D eigenvalue weighted by atomic mass is 10.2. The van der Waals surface area contributed by atoms with Crippen LogP contribution in [0.5, 0.6) is 0 Å². The van der Waals surface area contributed by atoms with E-state index in [1.807, 2.05) is 0 Å². The molecule has 0 spiro atoms. The van der Waals surface area contributed by atoms with E-state index in [0.717, 1.165) is 25.9 Å². The molecule has 1 aliphatic heterocycles. The van der Waals surface area contributed by atoms with Gasteiger partial charge in [0, 0.05) is 12.3 Å². The van der Waals surface area contributed by atoms with Crippen LogP contribution in [0.15, 0.2) is 6.20 Å². The fraction of sp³-hybridized carbons (Fsp3) is 0.667. The van der Waals surface area contributed by atoms with Crippen LogP contribution < -0.4 is 0 Å². The Morgan fingerprint density at radius 3 is 3.11 bits per heavy atom. The van der Waals surface area contributed by atoms with Gasteiger partial charge in [-0.1, -0.05) is 0 Å². The fourth-order valence-corrected chi connectivity index (χ4v) is 2.00. The van der Waals surface area contributed by atoms with E-state index in [1.165, 1.54) is 6.20 Å². The molecular weight excluding hydrogens is 236 g/mol. The van der Waals surface area contributed by atoms with Crippen molar-refractivity contribution in [2.24, 2.45) is 0 Å². The first kappa shape index (κ1) is 13.0. The quantitative estimate of drug-likeness (QED) is 0.860. The van der Waals surface area contributed by atoms with Gasteiger partial charge in [0.1, 0.15) is 5.56 Å². The highest BCUT2D eigenvalue weighted by atomic mass is 16.7. The second-order valence-corrected chi connectivity index (χ2v) is 4.34. The normalized spacial score (nSPS) is 19.9. The predicted octanol–water partition coefficient (Wildman–Crippen LogP) is 1.43. The first-order chi connectivity index (χ1) is 8.68. The largest absolute Gasteiger partial charge is 0.478 e. The molecule has 1 aliphatic rings. The smallest absolute Gasteiger partial charge is 0.339 e. The summed E-state index contributed by atoms with van der Waals surface area (Å²) < 4.78 is 12.7. The van der Waals surface area contributed by atoms with E-state index in [0.29, 0.717) is 18.8 Å². The van der Waals surface area contributed by atoms with Gasteiger partial charge in [0.05, 0.1) is 19.3 Å². The molecule has 1 unspecified atom stereocenters. The van der Waals surface area contributed by atoms with Crippen LogP contribution >= 0.6 is 0 Å². The van der Waals surface area contributed by atoms with Crippen LogP contribution in [0.1, 0.15) is 35.3 Å². The van der Waals surface area contributed by atoms with Crippen molar-refractivity contribution in [1.82, 2.24) is 9.78 Å². The molecule has 18 heavy (non-hydrogen) atoms. The highest BCUT2D eigenvalue weighted by Gasteiger charge is 2.15. The third-order valence-electron chi connectivity index (χ3n) is 3.08. The molecule has 1 aromatic rings. The number of hydrogen-bond acceptors (Lipinski definition) is 4. The summed E-state index contributed by atoms with van der Waals surface area (Å²) in [7, 11) is 0. The van der Waals surface area contributed by atoms with Gasteiger partial charge < -0.3 is 14.6 Å². The Bertz CT molecular complexity index is 410. The molecule has 0 aliphatic carbocycles. The maximum atomic E-state index is 10.9. The minimum Gasteiger partial charge on any atom is -0.478 e. The highest BCUT2D eigenvalue weighted by Crippen LogP contribution is 2.14. The van der Waals surface area contributed by atoms with Gasteiger partial charge in [-0.25, -0.2) is 4.79 Å². The predicted molar refractivity (Wildman–Crippen MR) is 63.5 cm³/mol. The van der Waals surface area contributed by atoms with E-state index in [4.69, 9.17) is 14.6 Å². The Kier molecular flexibility index (Phi) is 4.33. The number of carbonyl (C=O) groups is 1. The Hall–Kier alpha value is -1.40. The summed E-state index contributed by atoms with van der Waals surface area (Å²) >= 11 is 0. The third kappa shape index (κ3) is 3.08. The molecule has 0 aromatic carbocycles. The molecule has 0 radical (unpaired) electrons. The number of carboxylic acid groups (broad SMARTS) is 1. The third-order valence-corrected chi connectivity index (χ3v) is 3.08. The first-order valence-electron chi connectivity index (χ1n) is 6.17. The molecule has 1 N–H and O–H groups in total. The summed E-state index contributed by atoms with van der Waals surface area (Å²) in [4.78, 5) is 10.9. The zero-order valence-electron chi connectivity index (χ0n) is 10.5. The SMILES string of the molecule is Cc1c(C(=O)O)cnn1CCOC1CCCCO1. The van der Waals surface area contributed by atoms with Crippen LogP contribution in [0.2, 0.25) is 0 Å². The number of nitrogens with zero attached hydrogens (tertiary/aromatic N) is 2. The van der Waals surface area contributed by atoms with Gasteiger partial charge in [0.25, 0.3) is 0 Å². The van der Waals surface area contributed by atoms with Gasteiger partial charge in [-0.05, 0) is 26.2 Å². The van der Waals surface area contributed by atoms with E-state index in [-0.39, 0.29) is 11.9 Å². The van der Waals surface area contributed by atoms with Gasteiger partial charge in [-0.15, -0.1) is 0 Å². The zero-order valence-corrected chi connectivity index (χ0v) is 10.5. The molecule has 0 amide bonds. The van der Waals surface area contributed by atoms with Gasteiger partial charge >= 0.3 is 5.97 Å². The van der Waals surface area contributed by atoms with Crippen LogP contribution in [-0.4, -0.2) is 40.4 Å². The Morgan fingerprint density at radius 2 is 2.50 bits per heavy atom. The Labute approximate surface area is 106 Å². The Balaban J connectivity index is 1.81. The monoisotopic (exact) mass is 254 g/mol. The maximum absolute atomic E-state index is 10.9. The van der Waals surface area contributed by atoms with Crippen molar-refractivity contribution >= 4 is 5.97 Å². The number of hydrogen-bond donors (Lipinski definition) is 1. The van der Waals surface area contributed by atoms with Crippen LogP contribution in [0, 0.1) is 6.92 Å². The van der Waals surface area contributed by atoms with Crippen LogP contribution in [0.25, 0.3) is 0 Å². The summed E-state index contributed by atoms with van der Waals surface area (Å²) in [6.07, 6.45) is 4.41. The lowest BCUT2D eigenvalue weighted by molar-refractivity contribution is -0.163. The molecule has 2 heterocycles. The van der Waals surface area contributed by atoms with Gasteiger partial charge in [-0.2, -0.15) is 5.10 Å². The average Bonchev–Trinajstić information content (AvgIpc) is 2.73. The molecule has 1 atom stereocenters. The lowest BCUT2D eigenvalue weighted by Gasteiger charge is -2.22. The number of carboxylic acids is 1. The van der Waals surface area contributed by atoms with E-state index in [2.05, 4.69) is 5.10 Å². The molecular formula is C12H18N2O4. The summed E-state index contributed by atoms with van der Waals surface area (Å²) in [6.45, 7) is 3.52. The molecule has 100 valence electrons. The topological polar surface area (TPSA) is 73.6 Å². The second-order valence-electron chi connectivity index (χ2n) is 4.34. The molecule has 1 fully saturated rings. The zero-order chi connectivity index (χ0) is 13.0. The van der Waals surface area contributed by atoms with Crippen molar-refractivity contribution in [2.75, 3.05) is 13.2 Å². The lowest BCUT2D eigenvalue weighted by Crippen LogP contribution is -2.24. The van der Waals surface area contributed by atoms with Crippen molar-refractivity contribution in [1.29, 1.82) is 0 Å². The van der Waals surface area contributed by atoms with Crippen LogP contribution in [0.4, 0.5) is 0 Å². The molecule has 1 saturated heterocycles. The van der Waals surface area contributed by atoms with Crippen molar-refractivity contribution in [3.63, 3.8) is 0 Å². The number of rotatable bonds is 5.